The molecule has 3 rings (SSSR count). The summed E-state index contributed by atoms with van der Waals surface area (Å²) in [5.41, 5.74) is 1.85. The third kappa shape index (κ3) is 4.63. The zero-order valence-corrected chi connectivity index (χ0v) is 13.3. The molecule has 124 valence electrons. The zero-order chi connectivity index (χ0) is 16.8. The van der Waals surface area contributed by atoms with Gasteiger partial charge in [-0.05, 0) is 30.2 Å². The Morgan fingerprint density at radius 1 is 1.25 bits per heavy atom. The van der Waals surface area contributed by atoms with Crippen LogP contribution in [0.2, 0.25) is 0 Å². The van der Waals surface area contributed by atoms with E-state index in [9.17, 15) is 4.79 Å². The van der Waals surface area contributed by atoms with E-state index < -0.39 is 5.97 Å². The summed E-state index contributed by atoms with van der Waals surface area (Å²) in [4.78, 5) is 12.9. The summed E-state index contributed by atoms with van der Waals surface area (Å²) in [6, 6.07) is 14.4. The molecule has 0 bridgehead atoms. The molecular weight excluding hydrogens is 304 g/mol. The van der Waals surface area contributed by atoms with E-state index in [1.165, 1.54) is 11.6 Å². The molecule has 2 N–H and O–H groups in total. The van der Waals surface area contributed by atoms with Gasteiger partial charge in [-0.1, -0.05) is 30.3 Å². The molecule has 6 nitrogen and oxygen atoms in total. The lowest BCUT2D eigenvalue weighted by Crippen LogP contribution is -2.26. The van der Waals surface area contributed by atoms with Gasteiger partial charge in [0, 0.05) is 31.8 Å². The van der Waals surface area contributed by atoms with Gasteiger partial charge in [-0.2, -0.15) is 0 Å². The first kappa shape index (κ1) is 16.1. The molecule has 2 heterocycles. The van der Waals surface area contributed by atoms with Gasteiger partial charge >= 0.3 is 5.97 Å². The summed E-state index contributed by atoms with van der Waals surface area (Å²) >= 11 is 0. The van der Waals surface area contributed by atoms with Gasteiger partial charge in [0.15, 0.2) is 0 Å². The minimum atomic E-state index is -0.997. The molecule has 1 aliphatic heterocycles. The minimum absolute atomic E-state index is 0.350. The molecule has 2 aromatic rings. The fraction of sp³-hybridized carbons (Fsp3) is 0.278. The molecule has 6 heteroatoms. The Balaban J connectivity index is 1.51. The number of nitrogens with zero attached hydrogens (tertiary/aromatic N) is 3. The van der Waals surface area contributed by atoms with E-state index in [0.29, 0.717) is 17.6 Å². The number of nitrogens with one attached hydrogen (secondary N) is 1. The Hall–Kier alpha value is -2.73. The number of benzene rings is 1. The molecule has 0 aliphatic carbocycles. The Bertz CT molecular complexity index is 701. The van der Waals surface area contributed by atoms with Crippen LogP contribution >= 0.6 is 0 Å². The maximum Gasteiger partial charge on any atom is 0.328 e. The smallest absolute Gasteiger partial charge is 0.328 e. The Labute approximate surface area is 140 Å². The number of aromatic nitrogens is 2. The quantitative estimate of drug-likeness (QED) is 0.794. The predicted molar refractivity (Wildman–Crippen MR) is 92.4 cm³/mol. The molecule has 0 amide bonds. The molecule has 0 unspecified atom stereocenters. The molecule has 0 saturated carbocycles. The normalized spacial score (nSPS) is 18.1. The molecule has 0 radical (unpaired) electrons. The zero-order valence-electron chi connectivity index (χ0n) is 13.3. The SMILES string of the molecule is O=C(O)/C=C/c1ccc(N[C@@H]2CCN(Cc3ccccc3)C2)nn1. The fourth-order valence-corrected chi connectivity index (χ4v) is 2.81. The highest BCUT2D eigenvalue weighted by Gasteiger charge is 2.22. The number of aliphatic carboxylic acids is 1. The van der Waals surface area contributed by atoms with Gasteiger partial charge in [0.1, 0.15) is 5.82 Å². The summed E-state index contributed by atoms with van der Waals surface area (Å²) in [7, 11) is 0. The average Bonchev–Trinajstić information content (AvgIpc) is 3.02. The molecule has 1 saturated heterocycles. The highest BCUT2D eigenvalue weighted by Crippen LogP contribution is 2.16. The number of likely N-dealkylation sites (tertiary alicyclic amines) is 1. The van der Waals surface area contributed by atoms with E-state index in [0.717, 1.165) is 32.1 Å². The largest absolute Gasteiger partial charge is 0.478 e. The number of carbonyl (C=O) groups is 1. The monoisotopic (exact) mass is 324 g/mol. The third-order valence-corrected chi connectivity index (χ3v) is 3.96. The molecule has 1 aromatic carbocycles. The fourth-order valence-electron chi connectivity index (χ4n) is 2.81. The molecule has 0 spiro atoms. The number of rotatable bonds is 6. The van der Waals surface area contributed by atoms with Crippen molar-refractivity contribution in [2.24, 2.45) is 0 Å². The molecule has 1 atom stereocenters. The van der Waals surface area contributed by atoms with Gasteiger partial charge in [-0.25, -0.2) is 4.79 Å². The lowest BCUT2D eigenvalue weighted by Gasteiger charge is -2.17. The second kappa shape index (κ2) is 7.70. The van der Waals surface area contributed by atoms with E-state index in [4.69, 9.17) is 5.11 Å². The van der Waals surface area contributed by atoms with E-state index in [1.807, 2.05) is 12.1 Å². The van der Waals surface area contributed by atoms with Crippen LogP contribution in [0.1, 0.15) is 17.7 Å². The van der Waals surface area contributed by atoms with Crippen LogP contribution in [-0.4, -0.2) is 45.3 Å². The standard InChI is InChI=1S/C18H20N4O2/c23-18(24)9-7-15-6-8-17(21-20-15)19-16-10-11-22(13-16)12-14-4-2-1-3-5-14/h1-9,16H,10-13H2,(H,19,21)(H,23,24)/b9-7+/t16-/m1/s1. The second-order valence-corrected chi connectivity index (χ2v) is 5.87. The highest BCUT2D eigenvalue weighted by molar-refractivity contribution is 5.84. The maximum atomic E-state index is 10.5. The van der Waals surface area contributed by atoms with Gasteiger partial charge in [0.25, 0.3) is 0 Å². The highest BCUT2D eigenvalue weighted by atomic mass is 16.4. The predicted octanol–water partition coefficient (Wildman–Crippen LogP) is 2.26. The Morgan fingerprint density at radius 3 is 2.79 bits per heavy atom. The first-order valence-corrected chi connectivity index (χ1v) is 7.96. The van der Waals surface area contributed by atoms with E-state index >= 15 is 0 Å². The van der Waals surface area contributed by atoms with Crippen molar-refractivity contribution in [3.63, 3.8) is 0 Å². The molecule has 1 aromatic heterocycles. The van der Waals surface area contributed by atoms with Crippen molar-refractivity contribution in [1.29, 1.82) is 0 Å². The van der Waals surface area contributed by atoms with Crippen LogP contribution in [-0.2, 0) is 11.3 Å². The maximum absolute atomic E-state index is 10.5. The van der Waals surface area contributed by atoms with Crippen LogP contribution in [0.3, 0.4) is 0 Å². The van der Waals surface area contributed by atoms with Crippen molar-refractivity contribution in [2.75, 3.05) is 18.4 Å². The summed E-state index contributed by atoms with van der Waals surface area (Å²) in [5.74, 6) is -0.280. The topological polar surface area (TPSA) is 78.4 Å². The van der Waals surface area contributed by atoms with Crippen molar-refractivity contribution in [1.82, 2.24) is 15.1 Å². The van der Waals surface area contributed by atoms with E-state index in [-0.39, 0.29) is 0 Å². The number of anilines is 1. The second-order valence-electron chi connectivity index (χ2n) is 5.87. The number of carboxylic acids is 1. The molecule has 1 aliphatic rings. The van der Waals surface area contributed by atoms with Gasteiger partial charge in [0.05, 0.1) is 5.69 Å². The van der Waals surface area contributed by atoms with Crippen LogP contribution in [0.5, 0.6) is 0 Å². The summed E-state index contributed by atoms with van der Waals surface area (Å²) < 4.78 is 0. The minimum Gasteiger partial charge on any atom is -0.478 e. The number of hydrogen-bond donors (Lipinski definition) is 2. The van der Waals surface area contributed by atoms with Crippen molar-refractivity contribution < 1.29 is 9.90 Å². The molecular formula is C18H20N4O2. The van der Waals surface area contributed by atoms with E-state index in [1.54, 1.807) is 6.07 Å². The first-order valence-electron chi connectivity index (χ1n) is 7.96. The van der Waals surface area contributed by atoms with Crippen LogP contribution in [0.4, 0.5) is 5.82 Å². The summed E-state index contributed by atoms with van der Waals surface area (Å²) in [6.07, 6.45) is 3.54. The van der Waals surface area contributed by atoms with Gasteiger partial charge in [0.2, 0.25) is 0 Å². The van der Waals surface area contributed by atoms with Crippen molar-refractivity contribution in [3.05, 3.63) is 59.8 Å². The Morgan fingerprint density at radius 2 is 2.08 bits per heavy atom. The van der Waals surface area contributed by atoms with Crippen LogP contribution < -0.4 is 5.32 Å². The van der Waals surface area contributed by atoms with Crippen LogP contribution in [0.15, 0.2) is 48.5 Å². The Kier molecular flexibility index (Phi) is 5.18. The van der Waals surface area contributed by atoms with Gasteiger partial charge in [-0.3, -0.25) is 4.90 Å². The summed E-state index contributed by atoms with van der Waals surface area (Å²) in [6.45, 7) is 2.99. The van der Waals surface area contributed by atoms with E-state index in [2.05, 4.69) is 44.7 Å². The molecule has 1 fully saturated rings. The third-order valence-electron chi connectivity index (χ3n) is 3.96. The van der Waals surface area contributed by atoms with Gasteiger partial charge in [-0.15, -0.1) is 10.2 Å². The van der Waals surface area contributed by atoms with Crippen molar-refractivity contribution >= 4 is 17.9 Å². The number of hydrogen-bond acceptors (Lipinski definition) is 5. The van der Waals surface area contributed by atoms with Crippen molar-refractivity contribution in [3.8, 4) is 0 Å². The lowest BCUT2D eigenvalue weighted by atomic mass is 10.2. The summed E-state index contributed by atoms with van der Waals surface area (Å²) in [5, 5.41) is 20.1. The van der Waals surface area contributed by atoms with Crippen molar-refractivity contribution in [2.45, 2.75) is 19.0 Å². The van der Waals surface area contributed by atoms with Crippen LogP contribution in [0.25, 0.3) is 6.08 Å². The lowest BCUT2D eigenvalue weighted by molar-refractivity contribution is -0.131. The average molecular weight is 324 g/mol. The van der Waals surface area contributed by atoms with Crippen LogP contribution in [0, 0.1) is 0 Å². The first-order chi connectivity index (χ1) is 11.7. The number of carboxylic acid groups (broad SMARTS) is 1. The van der Waals surface area contributed by atoms with Gasteiger partial charge < -0.3 is 10.4 Å². The molecule has 24 heavy (non-hydrogen) atoms.